The van der Waals surface area contributed by atoms with E-state index in [1.54, 1.807) is 0 Å². The van der Waals surface area contributed by atoms with Crippen molar-refractivity contribution in [1.82, 2.24) is 0 Å². The average Bonchev–Trinajstić information content (AvgIpc) is 2.20. The van der Waals surface area contributed by atoms with Crippen molar-refractivity contribution in [2.75, 3.05) is 18.5 Å². The van der Waals surface area contributed by atoms with Crippen LogP contribution in [0.1, 0.15) is 16.8 Å². The third-order valence-electron chi connectivity index (χ3n) is 1.86. The summed E-state index contributed by atoms with van der Waals surface area (Å²) in [5.41, 5.74) is 0.255. The summed E-state index contributed by atoms with van der Waals surface area (Å²) < 4.78 is 12.8. The van der Waals surface area contributed by atoms with Crippen molar-refractivity contribution in [2.24, 2.45) is 0 Å². The smallest absolute Gasteiger partial charge is 0.337 e. The Labute approximate surface area is 86.4 Å². The summed E-state index contributed by atoms with van der Waals surface area (Å²) in [6.45, 7) is 0.471. The van der Waals surface area contributed by atoms with Crippen molar-refractivity contribution in [2.45, 2.75) is 6.42 Å². The van der Waals surface area contributed by atoms with Crippen LogP contribution in [0.3, 0.4) is 0 Å². The fraction of sp³-hybridized carbons (Fsp3) is 0.300. The van der Waals surface area contributed by atoms with Crippen LogP contribution in [0.2, 0.25) is 0 Å². The highest BCUT2D eigenvalue weighted by Crippen LogP contribution is 2.16. The molecule has 0 unspecified atom stereocenters. The average molecular weight is 213 g/mol. The normalized spacial score (nSPS) is 10.0. The standard InChI is InChI=1S/C10H12FNO3/c11-7-2-3-9(12-4-1-5-13)8(6-7)10(14)15/h2-3,6,12-13H,1,4-5H2,(H,14,15). The molecular weight excluding hydrogens is 201 g/mol. The van der Waals surface area contributed by atoms with Gasteiger partial charge in [0.15, 0.2) is 0 Å². The predicted octanol–water partition coefficient (Wildman–Crippen LogP) is 1.32. The predicted molar refractivity (Wildman–Crippen MR) is 53.6 cm³/mol. The second kappa shape index (κ2) is 5.31. The topological polar surface area (TPSA) is 69.6 Å². The van der Waals surface area contributed by atoms with Gasteiger partial charge >= 0.3 is 5.97 Å². The van der Waals surface area contributed by atoms with Gasteiger partial charge in [0.25, 0.3) is 0 Å². The van der Waals surface area contributed by atoms with Crippen molar-refractivity contribution in [3.8, 4) is 0 Å². The molecule has 0 saturated carbocycles. The van der Waals surface area contributed by atoms with Gasteiger partial charge in [-0.25, -0.2) is 9.18 Å². The molecule has 1 aromatic carbocycles. The molecule has 0 fully saturated rings. The molecule has 0 atom stereocenters. The van der Waals surface area contributed by atoms with Gasteiger partial charge in [0.1, 0.15) is 5.82 Å². The molecule has 0 spiro atoms. The van der Waals surface area contributed by atoms with Gasteiger partial charge in [-0.05, 0) is 24.6 Å². The first-order valence-electron chi connectivity index (χ1n) is 4.52. The van der Waals surface area contributed by atoms with Crippen molar-refractivity contribution >= 4 is 11.7 Å². The minimum Gasteiger partial charge on any atom is -0.478 e. The van der Waals surface area contributed by atoms with E-state index in [2.05, 4.69) is 5.32 Å². The number of hydrogen-bond acceptors (Lipinski definition) is 3. The molecule has 0 aliphatic heterocycles. The number of aliphatic hydroxyl groups is 1. The van der Waals surface area contributed by atoms with E-state index in [-0.39, 0.29) is 12.2 Å². The number of nitrogens with one attached hydrogen (secondary N) is 1. The molecule has 1 aromatic rings. The summed E-state index contributed by atoms with van der Waals surface area (Å²) in [7, 11) is 0. The summed E-state index contributed by atoms with van der Waals surface area (Å²) in [6, 6.07) is 3.52. The summed E-state index contributed by atoms with van der Waals surface area (Å²) in [6.07, 6.45) is 0.510. The van der Waals surface area contributed by atoms with E-state index in [9.17, 15) is 9.18 Å². The Morgan fingerprint density at radius 2 is 2.20 bits per heavy atom. The third-order valence-corrected chi connectivity index (χ3v) is 1.86. The number of aliphatic hydroxyl groups excluding tert-OH is 1. The monoisotopic (exact) mass is 213 g/mol. The second-order valence-corrected chi connectivity index (χ2v) is 3.00. The van der Waals surface area contributed by atoms with Crippen LogP contribution in [-0.4, -0.2) is 29.3 Å². The van der Waals surface area contributed by atoms with Gasteiger partial charge in [-0.15, -0.1) is 0 Å². The van der Waals surface area contributed by atoms with E-state index in [1.165, 1.54) is 12.1 Å². The molecule has 1 rings (SSSR count). The summed E-state index contributed by atoms with van der Waals surface area (Å²) >= 11 is 0. The molecule has 4 nitrogen and oxygen atoms in total. The number of carboxylic acid groups (broad SMARTS) is 1. The van der Waals surface area contributed by atoms with Crippen LogP contribution in [0.25, 0.3) is 0 Å². The van der Waals surface area contributed by atoms with Crippen molar-refractivity contribution in [3.63, 3.8) is 0 Å². The van der Waals surface area contributed by atoms with Gasteiger partial charge in [0.05, 0.1) is 5.56 Å². The molecule has 0 aliphatic carbocycles. The fourth-order valence-corrected chi connectivity index (χ4v) is 1.15. The molecule has 3 N–H and O–H groups in total. The number of hydrogen-bond donors (Lipinski definition) is 3. The molecule has 0 aromatic heterocycles. The van der Waals surface area contributed by atoms with Crippen LogP contribution in [0, 0.1) is 5.82 Å². The zero-order valence-corrected chi connectivity index (χ0v) is 8.03. The van der Waals surface area contributed by atoms with Gasteiger partial charge in [-0.2, -0.15) is 0 Å². The molecule has 0 radical (unpaired) electrons. The first kappa shape index (κ1) is 11.5. The lowest BCUT2D eigenvalue weighted by Gasteiger charge is -2.08. The molecule has 0 amide bonds. The van der Waals surface area contributed by atoms with Crippen LogP contribution in [0.5, 0.6) is 0 Å². The lowest BCUT2D eigenvalue weighted by atomic mass is 10.1. The van der Waals surface area contributed by atoms with Crippen molar-refractivity contribution in [3.05, 3.63) is 29.6 Å². The molecule has 82 valence electrons. The minimum absolute atomic E-state index is 0.0244. The maximum Gasteiger partial charge on any atom is 0.337 e. The number of benzene rings is 1. The lowest BCUT2D eigenvalue weighted by Crippen LogP contribution is -2.09. The van der Waals surface area contributed by atoms with Gasteiger partial charge in [-0.1, -0.05) is 0 Å². The van der Waals surface area contributed by atoms with Crippen LogP contribution in [-0.2, 0) is 0 Å². The highest BCUT2D eigenvalue weighted by Gasteiger charge is 2.10. The Bertz CT molecular complexity index is 355. The zero-order chi connectivity index (χ0) is 11.3. The third kappa shape index (κ3) is 3.21. The Hall–Kier alpha value is -1.62. The van der Waals surface area contributed by atoms with Crippen LogP contribution in [0.15, 0.2) is 18.2 Å². The molecular formula is C10H12FNO3. The largest absolute Gasteiger partial charge is 0.478 e. The first-order chi connectivity index (χ1) is 7.15. The zero-order valence-electron chi connectivity index (χ0n) is 8.03. The number of anilines is 1. The van der Waals surface area contributed by atoms with Gasteiger partial charge in [-0.3, -0.25) is 0 Å². The molecule has 0 aliphatic rings. The van der Waals surface area contributed by atoms with Gasteiger partial charge in [0.2, 0.25) is 0 Å². The summed E-state index contributed by atoms with van der Waals surface area (Å²) in [5.74, 6) is -1.76. The SMILES string of the molecule is O=C(O)c1cc(F)ccc1NCCCO. The Balaban J connectivity index is 2.81. The van der Waals surface area contributed by atoms with E-state index in [4.69, 9.17) is 10.2 Å². The van der Waals surface area contributed by atoms with E-state index < -0.39 is 11.8 Å². The number of halogens is 1. The number of rotatable bonds is 5. The van der Waals surface area contributed by atoms with E-state index in [0.29, 0.717) is 18.7 Å². The number of carbonyl (C=O) groups is 1. The first-order valence-corrected chi connectivity index (χ1v) is 4.52. The lowest BCUT2D eigenvalue weighted by molar-refractivity contribution is 0.0697. The van der Waals surface area contributed by atoms with Crippen molar-refractivity contribution < 1.29 is 19.4 Å². The summed E-state index contributed by atoms with van der Waals surface area (Å²) in [4.78, 5) is 10.8. The van der Waals surface area contributed by atoms with Gasteiger partial charge < -0.3 is 15.5 Å². The quantitative estimate of drug-likeness (QED) is 0.645. The minimum atomic E-state index is -1.18. The fourth-order valence-electron chi connectivity index (χ4n) is 1.15. The maximum atomic E-state index is 12.8. The molecule has 0 saturated heterocycles. The molecule has 15 heavy (non-hydrogen) atoms. The summed E-state index contributed by atoms with van der Waals surface area (Å²) in [5, 5.41) is 20.2. The highest BCUT2D eigenvalue weighted by atomic mass is 19.1. The molecule has 0 heterocycles. The van der Waals surface area contributed by atoms with E-state index in [0.717, 1.165) is 6.07 Å². The van der Waals surface area contributed by atoms with E-state index in [1.807, 2.05) is 0 Å². The van der Waals surface area contributed by atoms with Crippen LogP contribution >= 0.6 is 0 Å². The Morgan fingerprint density at radius 1 is 1.47 bits per heavy atom. The van der Waals surface area contributed by atoms with Crippen molar-refractivity contribution in [1.29, 1.82) is 0 Å². The van der Waals surface area contributed by atoms with E-state index >= 15 is 0 Å². The van der Waals surface area contributed by atoms with Crippen LogP contribution in [0.4, 0.5) is 10.1 Å². The second-order valence-electron chi connectivity index (χ2n) is 3.00. The van der Waals surface area contributed by atoms with Gasteiger partial charge in [0, 0.05) is 18.8 Å². The molecule has 0 bridgehead atoms. The van der Waals surface area contributed by atoms with Crippen LogP contribution < -0.4 is 5.32 Å². The number of carboxylic acids is 1. The Morgan fingerprint density at radius 3 is 2.80 bits per heavy atom. The number of aromatic carboxylic acids is 1. The Kier molecular flexibility index (Phi) is 4.05. The highest BCUT2D eigenvalue weighted by molar-refractivity contribution is 5.94. The maximum absolute atomic E-state index is 12.8. The molecule has 5 heteroatoms.